The van der Waals surface area contributed by atoms with E-state index >= 15 is 0 Å². The molecule has 0 aromatic heterocycles. The number of nitrogens with zero attached hydrogens (tertiary/aromatic N) is 2. The zero-order valence-corrected chi connectivity index (χ0v) is 28.1. The summed E-state index contributed by atoms with van der Waals surface area (Å²) in [6.07, 6.45) is 8.48. The van der Waals surface area contributed by atoms with E-state index in [1.165, 1.54) is 0 Å². The molecule has 0 aliphatic carbocycles. The Morgan fingerprint density at radius 3 is 1.16 bits per heavy atom. The molecule has 2 heterocycles. The zero-order valence-electron chi connectivity index (χ0n) is 28.1. The quantitative estimate of drug-likeness (QED) is 0.154. The molecule has 0 bridgehead atoms. The first-order chi connectivity index (χ1) is 24.6. The minimum atomic E-state index is -0.133. The second kappa shape index (κ2) is 13.0. The van der Waals surface area contributed by atoms with Crippen LogP contribution in [0.1, 0.15) is 47.2 Å². The number of benzene rings is 6. The lowest BCUT2D eigenvalue weighted by Gasteiger charge is -2.25. The molecule has 2 amide bonds. The Morgan fingerprint density at radius 2 is 0.780 bits per heavy atom. The summed E-state index contributed by atoms with van der Waals surface area (Å²) in [5.41, 5.74) is 8.51. The fourth-order valence-corrected chi connectivity index (χ4v) is 7.41. The largest absolute Gasteiger partial charge is 0.307 e. The summed E-state index contributed by atoms with van der Waals surface area (Å²) < 4.78 is 0. The van der Waals surface area contributed by atoms with Gasteiger partial charge in [-0.25, -0.2) is 0 Å². The van der Waals surface area contributed by atoms with Gasteiger partial charge >= 0.3 is 0 Å². The van der Waals surface area contributed by atoms with Crippen LogP contribution in [0, 0.1) is 0 Å². The maximum Gasteiger partial charge on any atom is 0.261 e. The highest BCUT2D eigenvalue weighted by Crippen LogP contribution is 2.48. The van der Waals surface area contributed by atoms with E-state index in [0.717, 1.165) is 54.9 Å². The number of fused-ring (bicyclic) bond motifs is 3. The highest BCUT2D eigenvalue weighted by Gasteiger charge is 2.48. The summed E-state index contributed by atoms with van der Waals surface area (Å²) >= 11 is 0. The van der Waals surface area contributed by atoms with Gasteiger partial charge in [-0.15, -0.1) is 0 Å². The van der Waals surface area contributed by atoms with Crippen molar-refractivity contribution in [3.63, 3.8) is 0 Å². The molecule has 0 saturated heterocycles. The lowest BCUT2D eigenvalue weighted by Crippen LogP contribution is -2.29. The maximum atomic E-state index is 14.5. The van der Waals surface area contributed by atoms with E-state index in [1.54, 1.807) is 9.80 Å². The summed E-state index contributed by atoms with van der Waals surface area (Å²) in [4.78, 5) is 32.7. The van der Waals surface area contributed by atoms with E-state index in [0.29, 0.717) is 35.6 Å². The molecule has 0 radical (unpaired) electrons. The predicted octanol–water partition coefficient (Wildman–Crippen LogP) is 10.2. The minimum absolute atomic E-state index is 0.133. The lowest BCUT2D eigenvalue weighted by molar-refractivity contribution is -0.124. The second-order valence-corrected chi connectivity index (χ2v) is 12.5. The molecule has 0 saturated carbocycles. The van der Waals surface area contributed by atoms with Gasteiger partial charge in [0.2, 0.25) is 0 Å². The summed E-state index contributed by atoms with van der Waals surface area (Å²) in [6, 6.07) is 45.3. The van der Waals surface area contributed by atoms with Crippen molar-refractivity contribution in [1.82, 2.24) is 9.80 Å². The van der Waals surface area contributed by atoms with Crippen molar-refractivity contribution in [1.29, 1.82) is 0 Å². The number of carbonyl (C=O) groups excluding carboxylic acids is 2. The Bertz CT molecular complexity index is 2260. The van der Waals surface area contributed by atoms with Crippen LogP contribution in [0.5, 0.6) is 0 Å². The maximum absolute atomic E-state index is 14.5. The van der Waals surface area contributed by atoms with Crippen LogP contribution in [0.4, 0.5) is 0 Å². The minimum Gasteiger partial charge on any atom is -0.307 e. The van der Waals surface area contributed by atoms with Crippen molar-refractivity contribution in [3.05, 3.63) is 178 Å². The standard InChI is InChI=1S/C46H36N2O2/c1-3-47-43(39-29-27-33(35-19-11-13-21-37(35)39)25-23-31-15-7-5-8-16-31)41-42(45(47)49)44(48(4-2)46(41)50)40-30-28-34(36-20-12-14-22-38(36)40)26-24-32-17-9-6-10-18-32/h5-30H,3-4H2,1-2H3/b25-23+,26-24+. The highest BCUT2D eigenvalue weighted by atomic mass is 16.2. The predicted molar refractivity (Wildman–Crippen MR) is 207 cm³/mol. The molecule has 8 rings (SSSR count). The molecular weight excluding hydrogens is 613 g/mol. The summed E-state index contributed by atoms with van der Waals surface area (Å²) in [6.45, 7) is 4.85. The van der Waals surface area contributed by atoms with E-state index in [1.807, 2.05) is 74.5 Å². The average molecular weight is 649 g/mol. The van der Waals surface area contributed by atoms with Gasteiger partial charge in [0.25, 0.3) is 11.8 Å². The molecule has 0 fully saturated rings. The summed E-state index contributed by atoms with van der Waals surface area (Å²) in [7, 11) is 0. The SMILES string of the molecule is CCN1C(=O)C2=C(c3ccc(/C=C/c4ccccc4)c4ccccc34)N(CC)C(=O)C2=C1c1ccc(/C=C/c2ccccc2)c2ccccc12. The van der Waals surface area contributed by atoms with Gasteiger partial charge in [-0.1, -0.05) is 158 Å². The monoisotopic (exact) mass is 648 g/mol. The molecule has 0 N–H and O–H groups in total. The first kappa shape index (κ1) is 31.0. The van der Waals surface area contributed by atoms with E-state index in [2.05, 4.69) is 97.1 Å². The highest BCUT2D eigenvalue weighted by molar-refractivity contribution is 6.31. The number of hydrogen-bond donors (Lipinski definition) is 0. The van der Waals surface area contributed by atoms with Crippen LogP contribution in [0.25, 0.3) is 57.2 Å². The molecule has 6 aromatic rings. The van der Waals surface area contributed by atoms with Crippen LogP contribution in [-0.4, -0.2) is 34.7 Å². The van der Waals surface area contributed by atoms with Crippen molar-refractivity contribution >= 4 is 69.1 Å². The fraction of sp³-hybridized carbons (Fsp3) is 0.0870. The summed E-state index contributed by atoms with van der Waals surface area (Å²) in [5, 5.41) is 4.13. The molecule has 6 aromatic carbocycles. The number of amides is 2. The van der Waals surface area contributed by atoms with Crippen LogP contribution in [0.3, 0.4) is 0 Å². The Kier molecular flexibility index (Phi) is 8.06. The van der Waals surface area contributed by atoms with Crippen molar-refractivity contribution in [2.24, 2.45) is 0 Å². The second-order valence-electron chi connectivity index (χ2n) is 12.5. The van der Waals surface area contributed by atoms with E-state index in [4.69, 9.17) is 0 Å². The lowest BCUT2D eigenvalue weighted by atomic mass is 9.93. The van der Waals surface area contributed by atoms with E-state index in [9.17, 15) is 9.59 Å². The molecule has 2 aliphatic heterocycles. The first-order valence-corrected chi connectivity index (χ1v) is 17.2. The van der Waals surface area contributed by atoms with Crippen molar-refractivity contribution in [3.8, 4) is 0 Å². The Morgan fingerprint density at radius 1 is 0.420 bits per heavy atom. The number of hydrogen-bond acceptors (Lipinski definition) is 2. The van der Waals surface area contributed by atoms with Crippen molar-refractivity contribution < 1.29 is 9.59 Å². The third-order valence-electron chi connectivity index (χ3n) is 9.75. The first-order valence-electron chi connectivity index (χ1n) is 17.2. The van der Waals surface area contributed by atoms with Gasteiger partial charge in [-0.3, -0.25) is 9.59 Å². The molecule has 4 nitrogen and oxygen atoms in total. The van der Waals surface area contributed by atoms with Crippen LogP contribution >= 0.6 is 0 Å². The van der Waals surface area contributed by atoms with Gasteiger partial charge < -0.3 is 9.80 Å². The molecule has 0 unspecified atom stereocenters. The van der Waals surface area contributed by atoms with Crippen molar-refractivity contribution in [2.45, 2.75) is 13.8 Å². The Hall–Kier alpha value is -6.26. The number of carbonyl (C=O) groups is 2. The number of rotatable bonds is 8. The van der Waals surface area contributed by atoms with Crippen LogP contribution in [0.15, 0.2) is 145 Å². The van der Waals surface area contributed by atoms with Gasteiger partial charge in [0.1, 0.15) is 0 Å². The molecule has 50 heavy (non-hydrogen) atoms. The van der Waals surface area contributed by atoms with Gasteiger partial charge in [0.05, 0.1) is 22.5 Å². The van der Waals surface area contributed by atoms with Crippen LogP contribution in [0.2, 0.25) is 0 Å². The molecule has 2 aliphatic rings. The zero-order chi connectivity index (χ0) is 34.2. The average Bonchev–Trinajstić information content (AvgIpc) is 3.63. The van der Waals surface area contributed by atoms with E-state index in [-0.39, 0.29) is 11.8 Å². The van der Waals surface area contributed by atoms with Gasteiger partial charge in [-0.05, 0) is 57.6 Å². The molecule has 0 atom stereocenters. The van der Waals surface area contributed by atoms with Crippen LogP contribution < -0.4 is 0 Å². The smallest absolute Gasteiger partial charge is 0.261 e. The Balaban J connectivity index is 1.31. The Labute approximate surface area is 292 Å². The van der Waals surface area contributed by atoms with Crippen LogP contribution in [-0.2, 0) is 9.59 Å². The third-order valence-corrected chi connectivity index (χ3v) is 9.75. The van der Waals surface area contributed by atoms with Gasteiger partial charge in [0, 0.05) is 24.2 Å². The summed E-state index contributed by atoms with van der Waals surface area (Å²) in [5.74, 6) is -0.267. The fourth-order valence-electron chi connectivity index (χ4n) is 7.41. The number of likely N-dealkylation sites (N-methyl/N-ethyl adjacent to an activating group) is 2. The van der Waals surface area contributed by atoms with E-state index < -0.39 is 0 Å². The van der Waals surface area contributed by atoms with Crippen molar-refractivity contribution in [2.75, 3.05) is 13.1 Å². The molecule has 4 heteroatoms. The molecule has 0 spiro atoms. The third kappa shape index (κ3) is 5.17. The normalized spacial score (nSPS) is 14.8. The molecule has 242 valence electrons. The van der Waals surface area contributed by atoms with Gasteiger partial charge in [0.15, 0.2) is 0 Å². The van der Waals surface area contributed by atoms with Gasteiger partial charge in [-0.2, -0.15) is 0 Å². The topological polar surface area (TPSA) is 40.6 Å². The molecular formula is C46H36N2O2.